The first-order chi connectivity index (χ1) is 13.9. The molecule has 1 aliphatic rings. The lowest BCUT2D eigenvalue weighted by Crippen LogP contribution is -2.47. The number of benzene rings is 2. The van der Waals surface area contributed by atoms with Crippen molar-refractivity contribution in [1.29, 1.82) is 0 Å². The molecule has 0 aliphatic heterocycles. The fourth-order valence-electron chi connectivity index (χ4n) is 3.93. The third-order valence-electron chi connectivity index (χ3n) is 5.55. The van der Waals surface area contributed by atoms with E-state index in [2.05, 4.69) is 5.32 Å². The van der Waals surface area contributed by atoms with Gasteiger partial charge in [-0.05, 0) is 61.6 Å². The van der Waals surface area contributed by atoms with E-state index in [0.29, 0.717) is 29.7 Å². The minimum Gasteiger partial charge on any atom is -0.325 e. The van der Waals surface area contributed by atoms with Crippen LogP contribution in [0.15, 0.2) is 47.4 Å². The second kappa shape index (κ2) is 8.13. The lowest BCUT2D eigenvalue weighted by atomic mass is 10.1. The van der Waals surface area contributed by atoms with Gasteiger partial charge in [0.15, 0.2) is 14.6 Å². The summed E-state index contributed by atoms with van der Waals surface area (Å²) in [7, 11) is -7.57. The van der Waals surface area contributed by atoms with Gasteiger partial charge in [0, 0.05) is 5.69 Å². The summed E-state index contributed by atoms with van der Waals surface area (Å²) >= 11 is 0. The van der Waals surface area contributed by atoms with E-state index in [9.17, 15) is 21.6 Å². The van der Waals surface area contributed by atoms with Crippen LogP contribution in [0.4, 0.5) is 5.69 Å². The molecule has 2 aromatic rings. The monoisotopic (exact) mass is 450 g/mol. The van der Waals surface area contributed by atoms with Crippen LogP contribution in [-0.4, -0.2) is 27.5 Å². The molecule has 9 heteroatoms. The number of anilines is 1. The van der Waals surface area contributed by atoms with Crippen molar-refractivity contribution < 1.29 is 21.6 Å². The lowest BCUT2D eigenvalue weighted by Gasteiger charge is -2.28. The van der Waals surface area contributed by atoms with Crippen LogP contribution in [0.1, 0.15) is 42.4 Å². The van der Waals surface area contributed by atoms with Gasteiger partial charge in [-0.2, -0.15) is 0 Å². The molecule has 3 rings (SSSR count). The maximum Gasteiger partial charge on any atom is 0.246 e. The molecule has 0 atom stereocenters. The van der Waals surface area contributed by atoms with Crippen LogP contribution in [0, 0.1) is 13.8 Å². The van der Waals surface area contributed by atoms with Crippen molar-refractivity contribution in [2.24, 2.45) is 5.14 Å². The minimum absolute atomic E-state index is 0.197. The van der Waals surface area contributed by atoms with Crippen molar-refractivity contribution >= 4 is 31.5 Å². The molecule has 0 radical (unpaired) electrons. The summed E-state index contributed by atoms with van der Waals surface area (Å²) in [5, 5.41) is 7.77. The summed E-state index contributed by atoms with van der Waals surface area (Å²) < 4.78 is 48.2. The molecule has 7 nitrogen and oxygen atoms in total. The van der Waals surface area contributed by atoms with E-state index in [-0.39, 0.29) is 23.5 Å². The van der Waals surface area contributed by atoms with Crippen LogP contribution >= 0.6 is 0 Å². The Morgan fingerprint density at radius 2 is 1.60 bits per heavy atom. The number of sulfonamides is 1. The largest absolute Gasteiger partial charge is 0.325 e. The second-order valence-electron chi connectivity index (χ2n) is 7.93. The van der Waals surface area contributed by atoms with Gasteiger partial charge in [-0.25, -0.2) is 22.0 Å². The predicted octanol–water partition coefficient (Wildman–Crippen LogP) is 2.82. The number of nitrogens with one attached hydrogen (secondary N) is 1. The van der Waals surface area contributed by atoms with Gasteiger partial charge in [0.05, 0.1) is 10.6 Å². The SMILES string of the molecule is Cc1ccc(C)c(S(=O)(=O)C2(C(=O)Nc3ccc(CS(N)(=O)=O)cc3)CCCC2)c1. The van der Waals surface area contributed by atoms with Gasteiger partial charge in [0.25, 0.3) is 0 Å². The van der Waals surface area contributed by atoms with E-state index in [1.54, 1.807) is 43.3 Å². The number of sulfone groups is 1. The number of rotatable bonds is 6. The summed E-state index contributed by atoms with van der Waals surface area (Å²) in [6.07, 6.45) is 1.84. The van der Waals surface area contributed by atoms with Crippen molar-refractivity contribution in [1.82, 2.24) is 0 Å². The topological polar surface area (TPSA) is 123 Å². The molecule has 30 heavy (non-hydrogen) atoms. The van der Waals surface area contributed by atoms with E-state index in [1.807, 2.05) is 13.0 Å². The Bertz CT molecular complexity index is 1160. The summed E-state index contributed by atoms with van der Waals surface area (Å²) in [6.45, 7) is 3.56. The third kappa shape index (κ3) is 4.43. The Morgan fingerprint density at radius 1 is 1.00 bits per heavy atom. The molecule has 1 amide bonds. The zero-order chi connectivity index (χ0) is 22.2. The molecule has 1 saturated carbocycles. The number of hydrogen-bond donors (Lipinski definition) is 2. The normalized spacial score (nSPS) is 16.4. The molecule has 0 saturated heterocycles. The van der Waals surface area contributed by atoms with Gasteiger partial charge in [0.2, 0.25) is 15.9 Å². The molecule has 0 heterocycles. The first-order valence-electron chi connectivity index (χ1n) is 9.67. The highest BCUT2D eigenvalue weighted by atomic mass is 32.2. The van der Waals surface area contributed by atoms with E-state index in [1.165, 1.54) is 0 Å². The predicted molar refractivity (Wildman–Crippen MR) is 116 cm³/mol. The minimum atomic E-state index is -3.91. The summed E-state index contributed by atoms with van der Waals surface area (Å²) in [4.78, 5) is 13.5. The van der Waals surface area contributed by atoms with Crippen LogP contribution < -0.4 is 10.5 Å². The fourth-order valence-corrected chi connectivity index (χ4v) is 6.97. The molecule has 0 unspecified atom stereocenters. The molecule has 0 aromatic heterocycles. The lowest BCUT2D eigenvalue weighted by molar-refractivity contribution is -0.118. The molecule has 1 aliphatic carbocycles. The Kier molecular flexibility index (Phi) is 6.08. The molecular weight excluding hydrogens is 424 g/mol. The van der Waals surface area contributed by atoms with Crippen molar-refractivity contribution in [2.75, 3.05) is 5.32 Å². The van der Waals surface area contributed by atoms with Crippen LogP contribution in [0.3, 0.4) is 0 Å². The van der Waals surface area contributed by atoms with Crippen LogP contribution in [0.2, 0.25) is 0 Å². The average molecular weight is 451 g/mol. The first kappa shape index (κ1) is 22.5. The van der Waals surface area contributed by atoms with Crippen molar-refractivity contribution in [3.63, 3.8) is 0 Å². The van der Waals surface area contributed by atoms with E-state index in [0.717, 1.165) is 5.56 Å². The number of carbonyl (C=O) groups is 1. The molecule has 2 aromatic carbocycles. The molecular formula is C21H26N2O5S2. The van der Waals surface area contributed by atoms with E-state index >= 15 is 0 Å². The van der Waals surface area contributed by atoms with Crippen molar-refractivity contribution in [2.45, 2.75) is 54.9 Å². The molecule has 0 spiro atoms. The zero-order valence-corrected chi connectivity index (χ0v) is 18.6. The van der Waals surface area contributed by atoms with Gasteiger partial charge in [0.1, 0.15) is 0 Å². The van der Waals surface area contributed by atoms with Crippen molar-refractivity contribution in [3.05, 3.63) is 59.2 Å². The number of hydrogen-bond acceptors (Lipinski definition) is 5. The Balaban J connectivity index is 1.92. The maximum atomic E-state index is 13.6. The Morgan fingerprint density at radius 3 is 2.17 bits per heavy atom. The maximum absolute atomic E-state index is 13.6. The summed E-state index contributed by atoms with van der Waals surface area (Å²) in [5.74, 6) is -0.869. The highest BCUT2D eigenvalue weighted by Gasteiger charge is 2.53. The van der Waals surface area contributed by atoms with Crippen LogP contribution in [-0.2, 0) is 30.4 Å². The molecule has 1 fully saturated rings. The van der Waals surface area contributed by atoms with E-state index < -0.39 is 30.5 Å². The zero-order valence-electron chi connectivity index (χ0n) is 17.0. The van der Waals surface area contributed by atoms with Crippen molar-refractivity contribution in [3.8, 4) is 0 Å². The van der Waals surface area contributed by atoms with E-state index in [4.69, 9.17) is 5.14 Å². The van der Waals surface area contributed by atoms with Gasteiger partial charge >= 0.3 is 0 Å². The Labute approximate surface area is 177 Å². The Hall–Kier alpha value is -2.23. The fraction of sp³-hybridized carbons (Fsp3) is 0.381. The average Bonchev–Trinajstić information content (AvgIpc) is 3.16. The number of aryl methyl sites for hydroxylation is 2. The smallest absolute Gasteiger partial charge is 0.246 e. The number of amides is 1. The number of carbonyl (C=O) groups excluding carboxylic acids is 1. The first-order valence-corrected chi connectivity index (χ1v) is 12.9. The highest BCUT2D eigenvalue weighted by molar-refractivity contribution is 7.93. The standard InChI is InChI=1S/C21H26N2O5S2/c1-15-5-6-16(2)19(13-15)30(27,28)21(11-3-4-12-21)20(24)23-18-9-7-17(8-10-18)14-29(22,25)26/h5-10,13H,3-4,11-12,14H2,1-2H3,(H,23,24)(H2,22,25,26). The summed E-state index contributed by atoms with van der Waals surface area (Å²) in [6, 6.07) is 11.4. The van der Waals surface area contributed by atoms with Gasteiger partial charge in [-0.3, -0.25) is 4.79 Å². The quantitative estimate of drug-likeness (QED) is 0.700. The molecule has 162 valence electrons. The summed E-state index contributed by atoms with van der Waals surface area (Å²) in [5.41, 5.74) is 2.32. The number of primary sulfonamides is 1. The van der Waals surface area contributed by atoms with Crippen LogP contribution in [0.25, 0.3) is 0 Å². The second-order valence-corrected chi connectivity index (χ2v) is 11.8. The molecule has 0 bridgehead atoms. The number of nitrogens with two attached hydrogens (primary N) is 1. The van der Waals surface area contributed by atoms with Gasteiger partial charge in [-0.1, -0.05) is 37.1 Å². The van der Waals surface area contributed by atoms with Gasteiger partial charge < -0.3 is 5.32 Å². The van der Waals surface area contributed by atoms with Gasteiger partial charge in [-0.15, -0.1) is 0 Å². The molecule has 3 N–H and O–H groups in total. The van der Waals surface area contributed by atoms with Crippen LogP contribution in [0.5, 0.6) is 0 Å². The third-order valence-corrected chi connectivity index (χ3v) is 8.93. The highest BCUT2D eigenvalue weighted by Crippen LogP contribution is 2.42.